The summed E-state index contributed by atoms with van der Waals surface area (Å²) in [5.74, 6) is -1.51. The standard InChI is InChI=1S/C18H23N3O5.ClH/c1-25-17(23)13(19)7-8-16(22)21-15(18(24)26-2)9-11-10-20-14-6-4-3-5-12(11)14;/h3-6,10,13,15,20H,7-9,19H2,1-2H3,(H,21,22);1H/t13-,15-;/m1./s1. The van der Waals surface area contributed by atoms with Crippen LogP contribution in [0.2, 0.25) is 0 Å². The molecule has 2 aromatic rings. The number of hydrogen-bond donors (Lipinski definition) is 3. The van der Waals surface area contributed by atoms with E-state index < -0.39 is 24.0 Å². The molecule has 2 rings (SSSR count). The molecule has 0 fully saturated rings. The summed E-state index contributed by atoms with van der Waals surface area (Å²) < 4.78 is 9.31. The number of fused-ring (bicyclic) bond motifs is 1. The Morgan fingerprint density at radius 3 is 2.48 bits per heavy atom. The van der Waals surface area contributed by atoms with E-state index in [1.807, 2.05) is 24.3 Å². The van der Waals surface area contributed by atoms with Crippen molar-refractivity contribution >= 4 is 41.2 Å². The zero-order chi connectivity index (χ0) is 19.1. The molecule has 27 heavy (non-hydrogen) atoms. The first-order chi connectivity index (χ1) is 12.5. The number of carbonyl (C=O) groups excluding carboxylic acids is 3. The second-order valence-electron chi connectivity index (χ2n) is 5.88. The van der Waals surface area contributed by atoms with E-state index in [0.717, 1.165) is 16.5 Å². The summed E-state index contributed by atoms with van der Waals surface area (Å²) in [5, 5.41) is 3.62. The number of esters is 2. The number of H-pyrrole nitrogens is 1. The van der Waals surface area contributed by atoms with Gasteiger partial charge in [-0.15, -0.1) is 12.4 Å². The number of para-hydroxylation sites is 1. The zero-order valence-electron chi connectivity index (χ0n) is 15.2. The number of amides is 1. The highest BCUT2D eigenvalue weighted by Gasteiger charge is 2.24. The van der Waals surface area contributed by atoms with Gasteiger partial charge < -0.3 is 25.5 Å². The highest BCUT2D eigenvalue weighted by atomic mass is 35.5. The molecule has 9 heteroatoms. The van der Waals surface area contributed by atoms with Crippen molar-refractivity contribution in [1.29, 1.82) is 0 Å². The number of methoxy groups -OCH3 is 2. The average Bonchev–Trinajstić information content (AvgIpc) is 3.07. The molecule has 2 atom stereocenters. The third-order valence-electron chi connectivity index (χ3n) is 4.11. The van der Waals surface area contributed by atoms with Crippen LogP contribution in [0.1, 0.15) is 18.4 Å². The van der Waals surface area contributed by atoms with Gasteiger partial charge >= 0.3 is 11.9 Å². The van der Waals surface area contributed by atoms with Gasteiger partial charge in [-0.05, 0) is 18.1 Å². The van der Waals surface area contributed by atoms with Crippen molar-refractivity contribution in [2.75, 3.05) is 14.2 Å². The summed E-state index contributed by atoms with van der Waals surface area (Å²) in [6, 6.07) is 5.97. The summed E-state index contributed by atoms with van der Waals surface area (Å²) in [4.78, 5) is 38.6. The van der Waals surface area contributed by atoms with Gasteiger partial charge in [0.1, 0.15) is 12.1 Å². The molecule has 1 aromatic heterocycles. The molecule has 0 unspecified atom stereocenters. The molecule has 8 nitrogen and oxygen atoms in total. The van der Waals surface area contributed by atoms with E-state index in [2.05, 4.69) is 15.0 Å². The molecular weight excluding hydrogens is 374 g/mol. The summed E-state index contributed by atoms with van der Waals surface area (Å²) in [6.45, 7) is 0. The van der Waals surface area contributed by atoms with Crippen LogP contribution in [0, 0.1) is 0 Å². The molecule has 0 aliphatic heterocycles. The number of nitrogens with one attached hydrogen (secondary N) is 2. The fourth-order valence-electron chi connectivity index (χ4n) is 2.68. The topological polar surface area (TPSA) is 124 Å². The van der Waals surface area contributed by atoms with Crippen molar-refractivity contribution in [2.45, 2.75) is 31.3 Å². The fourth-order valence-corrected chi connectivity index (χ4v) is 2.68. The minimum Gasteiger partial charge on any atom is -0.468 e. The molecule has 0 bridgehead atoms. The second-order valence-corrected chi connectivity index (χ2v) is 5.88. The van der Waals surface area contributed by atoms with Crippen molar-refractivity contribution in [2.24, 2.45) is 5.73 Å². The minimum atomic E-state index is -0.879. The Kier molecular flexibility index (Phi) is 8.77. The first-order valence-electron chi connectivity index (χ1n) is 8.21. The highest BCUT2D eigenvalue weighted by molar-refractivity contribution is 5.87. The third-order valence-corrected chi connectivity index (χ3v) is 4.11. The molecule has 1 aromatic carbocycles. The van der Waals surface area contributed by atoms with Gasteiger partial charge in [-0.1, -0.05) is 18.2 Å². The lowest BCUT2D eigenvalue weighted by Gasteiger charge is -2.17. The van der Waals surface area contributed by atoms with Crippen LogP contribution >= 0.6 is 12.4 Å². The Balaban J connectivity index is 0.00000364. The van der Waals surface area contributed by atoms with Crippen LogP contribution in [-0.2, 0) is 30.3 Å². The average molecular weight is 398 g/mol. The van der Waals surface area contributed by atoms with Gasteiger partial charge in [-0.2, -0.15) is 0 Å². The van der Waals surface area contributed by atoms with E-state index in [-0.39, 0.29) is 37.6 Å². The van der Waals surface area contributed by atoms with Crippen LogP contribution in [-0.4, -0.2) is 49.1 Å². The lowest BCUT2D eigenvalue weighted by atomic mass is 10.0. The SMILES string of the molecule is COC(=O)[C@H](N)CCC(=O)N[C@H](Cc1c[nH]c2ccccc12)C(=O)OC.Cl. The van der Waals surface area contributed by atoms with Crippen LogP contribution < -0.4 is 11.1 Å². The van der Waals surface area contributed by atoms with Gasteiger partial charge in [-0.25, -0.2) is 4.79 Å². The predicted molar refractivity (Wildman–Crippen MR) is 102 cm³/mol. The van der Waals surface area contributed by atoms with Crippen molar-refractivity contribution in [3.8, 4) is 0 Å². The lowest BCUT2D eigenvalue weighted by molar-refractivity contribution is -0.145. The molecule has 0 spiro atoms. The molecule has 0 saturated carbocycles. The van der Waals surface area contributed by atoms with Crippen molar-refractivity contribution in [1.82, 2.24) is 10.3 Å². The number of hydrogen-bond acceptors (Lipinski definition) is 6. The normalized spacial score (nSPS) is 12.6. The van der Waals surface area contributed by atoms with Gasteiger partial charge in [0.25, 0.3) is 0 Å². The maximum atomic E-state index is 12.1. The maximum absolute atomic E-state index is 12.1. The van der Waals surface area contributed by atoms with E-state index in [9.17, 15) is 14.4 Å². The van der Waals surface area contributed by atoms with Crippen LogP contribution in [0.3, 0.4) is 0 Å². The smallest absolute Gasteiger partial charge is 0.328 e. The molecule has 0 radical (unpaired) electrons. The largest absolute Gasteiger partial charge is 0.468 e. The second kappa shape index (κ2) is 10.5. The maximum Gasteiger partial charge on any atom is 0.328 e. The number of ether oxygens (including phenoxy) is 2. The van der Waals surface area contributed by atoms with Crippen LogP contribution in [0.15, 0.2) is 30.5 Å². The molecular formula is C18H24ClN3O5. The molecule has 1 amide bonds. The summed E-state index contributed by atoms with van der Waals surface area (Å²) in [6.07, 6.45) is 2.21. The van der Waals surface area contributed by atoms with Crippen LogP contribution in [0.25, 0.3) is 10.9 Å². The molecule has 0 aliphatic rings. The van der Waals surface area contributed by atoms with Crippen LogP contribution in [0.5, 0.6) is 0 Å². The highest BCUT2D eigenvalue weighted by Crippen LogP contribution is 2.19. The minimum absolute atomic E-state index is 0. The van der Waals surface area contributed by atoms with Gasteiger partial charge in [0.15, 0.2) is 0 Å². The number of aromatic amines is 1. The Labute approximate surface area is 163 Å². The van der Waals surface area contributed by atoms with Gasteiger partial charge in [0.2, 0.25) is 5.91 Å². The number of benzene rings is 1. The molecule has 1 heterocycles. The van der Waals surface area contributed by atoms with Crippen molar-refractivity contribution < 1.29 is 23.9 Å². The summed E-state index contributed by atoms with van der Waals surface area (Å²) >= 11 is 0. The number of aromatic nitrogens is 1. The van der Waals surface area contributed by atoms with Crippen molar-refractivity contribution in [3.63, 3.8) is 0 Å². The van der Waals surface area contributed by atoms with Gasteiger partial charge in [-0.3, -0.25) is 9.59 Å². The zero-order valence-corrected chi connectivity index (χ0v) is 16.0. The molecule has 4 N–H and O–H groups in total. The Bertz CT molecular complexity index is 792. The van der Waals surface area contributed by atoms with E-state index >= 15 is 0 Å². The van der Waals surface area contributed by atoms with Crippen molar-refractivity contribution in [3.05, 3.63) is 36.0 Å². The fraction of sp³-hybridized carbons (Fsp3) is 0.389. The van der Waals surface area contributed by atoms with Gasteiger partial charge in [0.05, 0.1) is 14.2 Å². The third kappa shape index (κ3) is 5.97. The monoisotopic (exact) mass is 397 g/mol. The predicted octanol–water partition coefficient (Wildman–Crippen LogP) is 1.07. The van der Waals surface area contributed by atoms with E-state index in [4.69, 9.17) is 10.5 Å². The van der Waals surface area contributed by atoms with E-state index in [0.29, 0.717) is 0 Å². The summed E-state index contributed by atoms with van der Waals surface area (Å²) in [5.41, 5.74) is 7.45. The Morgan fingerprint density at radius 1 is 1.15 bits per heavy atom. The number of carbonyl (C=O) groups is 3. The van der Waals surface area contributed by atoms with Crippen LogP contribution in [0.4, 0.5) is 0 Å². The van der Waals surface area contributed by atoms with Gasteiger partial charge in [0, 0.05) is 29.9 Å². The number of rotatable bonds is 8. The molecule has 0 saturated heterocycles. The number of nitrogens with two attached hydrogens (primary N) is 1. The molecule has 0 aliphatic carbocycles. The molecule has 148 valence electrons. The lowest BCUT2D eigenvalue weighted by Crippen LogP contribution is -2.43. The first-order valence-corrected chi connectivity index (χ1v) is 8.21. The summed E-state index contributed by atoms with van der Waals surface area (Å²) in [7, 11) is 2.50. The Morgan fingerprint density at radius 2 is 1.81 bits per heavy atom. The first kappa shape index (κ1) is 22.5. The van der Waals surface area contributed by atoms with E-state index in [1.54, 1.807) is 6.20 Å². The van der Waals surface area contributed by atoms with E-state index in [1.165, 1.54) is 14.2 Å². The Hall–Kier alpha value is -2.58. The number of halogens is 1. The quantitative estimate of drug-likeness (QED) is 0.572.